The van der Waals surface area contributed by atoms with Gasteiger partial charge in [0, 0.05) is 12.7 Å². The molecule has 3 rings (SSSR count). The first-order chi connectivity index (χ1) is 12.6. The molecule has 1 spiro atoms. The molecule has 4 amide bonds. The fourth-order valence-corrected chi connectivity index (χ4v) is 4.07. The Labute approximate surface area is 160 Å². The second-order valence-electron chi connectivity index (χ2n) is 8.70. The van der Waals surface area contributed by atoms with Gasteiger partial charge in [-0.1, -0.05) is 52.2 Å². The number of likely N-dealkylation sites (N-methyl/N-ethyl adjacent to an activating group) is 1. The average Bonchev–Trinajstić information content (AvgIpc) is 2.78. The zero-order valence-corrected chi connectivity index (χ0v) is 16.7. The summed E-state index contributed by atoms with van der Waals surface area (Å²) in [4.78, 5) is 40.6. The SMILES string of the molecule is CN1C(=O)N(CC(=O)Nc2ccc(C(C)(C)C)cc2)C(=O)C12CCCCC2. The van der Waals surface area contributed by atoms with Gasteiger partial charge in [0.1, 0.15) is 12.1 Å². The van der Waals surface area contributed by atoms with Crippen molar-refractivity contribution in [2.75, 3.05) is 18.9 Å². The van der Waals surface area contributed by atoms with E-state index in [1.165, 1.54) is 5.56 Å². The molecule has 1 saturated heterocycles. The van der Waals surface area contributed by atoms with Crippen molar-refractivity contribution in [2.45, 2.75) is 63.8 Å². The van der Waals surface area contributed by atoms with Crippen LogP contribution in [0.3, 0.4) is 0 Å². The van der Waals surface area contributed by atoms with Gasteiger partial charge in [-0.15, -0.1) is 0 Å². The number of carbonyl (C=O) groups is 3. The van der Waals surface area contributed by atoms with Crippen LogP contribution < -0.4 is 5.32 Å². The molecule has 2 aliphatic rings. The summed E-state index contributed by atoms with van der Waals surface area (Å²) in [6, 6.07) is 7.28. The maximum absolute atomic E-state index is 12.9. The Morgan fingerprint density at radius 1 is 1.07 bits per heavy atom. The third-order valence-corrected chi connectivity index (χ3v) is 5.82. The molecule has 146 valence electrons. The molecule has 0 aromatic heterocycles. The summed E-state index contributed by atoms with van der Waals surface area (Å²) in [6.45, 7) is 6.14. The molecule has 6 heteroatoms. The van der Waals surface area contributed by atoms with E-state index in [1.807, 2.05) is 24.3 Å². The standard InChI is InChI=1S/C21H29N3O3/c1-20(2,3)15-8-10-16(11-9-15)22-17(25)14-24-18(26)21(23(4)19(24)27)12-6-5-7-13-21/h8-11H,5-7,12-14H2,1-4H3,(H,22,25). The summed E-state index contributed by atoms with van der Waals surface area (Å²) in [5.74, 6) is -0.589. The molecule has 1 aromatic carbocycles. The molecule has 1 aliphatic heterocycles. The number of hydrogen-bond donors (Lipinski definition) is 1. The second-order valence-corrected chi connectivity index (χ2v) is 8.70. The topological polar surface area (TPSA) is 69.7 Å². The molecule has 1 aliphatic carbocycles. The van der Waals surface area contributed by atoms with Crippen LogP contribution >= 0.6 is 0 Å². The van der Waals surface area contributed by atoms with Gasteiger partial charge in [0.25, 0.3) is 5.91 Å². The van der Waals surface area contributed by atoms with E-state index in [4.69, 9.17) is 0 Å². The third-order valence-electron chi connectivity index (χ3n) is 5.82. The molecule has 0 radical (unpaired) electrons. The Morgan fingerprint density at radius 2 is 1.67 bits per heavy atom. The monoisotopic (exact) mass is 371 g/mol. The highest BCUT2D eigenvalue weighted by Crippen LogP contribution is 2.39. The van der Waals surface area contributed by atoms with E-state index in [9.17, 15) is 14.4 Å². The van der Waals surface area contributed by atoms with Gasteiger partial charge in [-0.2, -0.15) is 0 Å². The predicted octanol–water partition coefficient (Wildman–Crippen LogP) is 3.52. The lowest BCUT2D eigenvalue weighted by Gasteiger charge is -2.35. The summed E-state index contributed by atoms with van der Waals surface area (Å²) >= 11 is 0. The molecule has 1 saturated carbocycles. The molecule has 6 nitrogen and oxygen atoms in total. The number of amides is 4. The van der Waals surface area contributed by atoms with Crippen LogP contribution in [0.5, 0.6) is 0 Å². The highest BCUT2D eigenvalue weighted by atomic mass is 16.2. The highest BCUT2D eigenvalue weighted by molar-refractivity contribution is 6.10. The minimum absolute atomic E-state index is 0.0375. The van der Waals surface area contributed by atoms with Gasteiger partial charge in [0.05, 0.1) is 0 Å². The Kier molecular flexibility index (Phi) is 5.02. The van der Waals surface area contributed by atoms with Crippen LogP contribution in [0, 0.1) is 0 Å². The fourth-order valence-electron chi connectivity index (χ4n) is 4.07. The molecule has 0 atom stereocenters. The molecule has 1 heterocycles. The maximum atomic E-state index is 12.9. The van der Waals surface area contributed by atoms with E-state index in [0.717, 1.165) is 24.2 Å². The normalized spacial score (nSPS) is 19.7. The zero-order chi connectivity index (χ0) is 19.8. The number of rotatable bonds is 3. The van der Waals surface area contributed by atoms with E-state index in [-0.39, 0.29) is 29.8 Å². The van der Waals surface area contributed by atoms with Crippen LogP contribution in [0.2, 0.25) is 0 Å². The van der Waals surface area contributed by atoms with E-state index in [2.05, 4.69) is 26.1 Å². The van der Waals surface area contributed by atoms with Crippen LogP contribution in [0.4, 0.5) is 10.5 Å². The van der Waals surface area contributed by atoms with Crippen molar-refractivity contribution >= 4 is 23.5 Å². The molecular formula is C21H29N3O3. The summed E-state index contributed by atoms with van der Waals surface area (Å²) in [5, 5.41) is 2.79. The molecule has 2 fully saturated rings. The Bertz CT molecular complexity index is 743. The number of anilines is 1. The van der Waals surface area contributed by atoms with Crippen molar-refractivity contribution in [3.8, 4) is 0 Å². The van der Waals surface area contributed by atoms with Crippen molar-refractivity contribution in [1.82, 2.24) is 9.80 Å². The van der Waals surface area contributed by atoms with Gasteiger partial charge in [-0.3, -0.25) is 14.5 Å². The van der Waals surface area contributed by atoms with E-state index >= 15 is 0 Å². The molecule has 27 heavy (non-hydrogen) atoms. The van der Waals surface area contributed by atoms with Crippen molar-refractivity contribution in [2.24, 2.45) is 0 Å². The minimum Gasteiger partial charge on any atom is -0.325 e. The lowest BCUT2D eigenvalue weighted by atomic mass is 9.81. The summed E-state index contributed by atoms with van der Waals surface area (Å²) < 4.78 is 0. The van der Waals surface area contributed by atoms with Gasteiger partial charge >= 0.3 is 6.03 Å². The lowest BCUT2D eigenvalue weighted by molar-refractivity contribution is -0.136. The molecular weight excluding hydrogens is 342 g/mol. The van der Waals surface area contributed by atoms with Crippen molar-refractivity contribution < 1.29 is 14.4 Å². The van der Waals surface area contributed by atoms with E-state index in [1.54, 1.807) is 11.9 Å². The number of carbonyl (C=O) groups excluding carboxylic acids is 3. The smallest absolute Gasteiger partial charge is 0.325 e. The van der Waals surface area contributed by atoms with Crippen molar-refractivity contribution in [3.05, 3.63) is 29.8 Å². The number of hydrogen-bond acceptors (Lipinski definition) is 3. The number of nitrogens with zero attached hydrogens (tertiary/aromatic N) is 2. The second kappa shape index (κ2) is 6.98. The van der Waals surface area contributed by atoms with Gasteiger partial charge < -0.3 is 10.2 Å². The lowest BCUT2D eigenvalue weighted by Crippen LogP contribution is -2.49. The van der Waals surface area contributed by atoms with Gasteiger partial charge in [-0.25, -0.2) is 4.79 Å². The van der Waals surface area contributed by atoms with Crippen LogP contribution in [-0.4, -0.2) is 46.8 Å². The third kappa shape index (κ3) is 3.57. The maximum Gasteiger partial charge on any atom is 0.327 e. The van der Waals surface area contributed by atoms with Crippen molar-refractivity contribution in [3.63, 3.8) is 0 Å². The molecule has 0 bridgehead atoms. The quantitative estimate of drug-likeness (QED) is 0.827. The number of imide groups is 1. The molecule has 1 aromatic rings. The zero-order valence-electron chi connectivity index (χ0n) is 16.7. The largest absolute Gasteiger partial charge is 0.327 e. The number of urea groups is 1. The first kappa shape index (κ1) is 19.4. The summed E-state index contributed by atoms with van der Waals surface area (Å²) in [6.07, 6.45) is 4.32. The van der Waals surface area contributed by atoms with Gasteiger partial charge in [0.15, 0.2) is 0 Å². The van der Waals surface area contributed by atoms with Crippen LogP contribution in [-0.2, 0) is 15.0 Å². The van der Waals surface area contributed by atoms with Gasteiger partial charge in [0.2, 0.25) is 5.91 Å². The minimum atomic E-state index is -0.746. The van der Waals surface area contributed by atoms with Crippen molar-refractivity contribution in [1.29, 1.82) is 0 Å². The Hall–Kier alpha value is -2.37. The predicted molar refractivity (Wildman–Crippen MR) is 104 cm³/mol. The fraction of sp³-hybridized carbons (Fsp3) is 0.571. The number of nitrogens with one attached hydrogen (secondary N) is 1. The Balaban J connectivity index is 1.67. The van der Waals surface area contributed by atoms with E-state index in [0.29, 0.717) is 18.5 Å². The average molecular weight is 371 g/mol. The first-order valence-corrected chi connectivity index (χ1v) is 9.65. The molecule has 1 N–H and O–H groups in total. The first-order valence-electron chi connectivity index (χ1n) is 9.65. The number of benzene rings is 1. The van der Waals surface area contributed by atoms with Crippen LogP contribution in [0.1, 0.15) is 58.4 Å². The van der Waals surface area contributed by atoms with Crippen LogP contribution in [0.25, 0.3) is 0 Å². The Morgan fingerprint density at radius 3 is 2.22 bits per heavy atom. The highest BCUT2D eigenvalue weighted by Gasteiger charge is 2.55. The van der Waals surface area contributed by atoms with Gasteiger partial charge in [-0.05, 0) is 36.0 Å². The molecule has 0 unspecified atom stereocenters. The summed E-state index contributed by atoms with van der Waals surface area (Å²) in [5.41, 5.74) is 1.12. The van der Waals surface area contributed by atoms with E-state index < -0.39 is 5.54 Å². The van der Waals surface area contributed by atoms with Crippen LogP contribution in [0.15, 0.2) is 24.3 Å². The summed E-state index contributed by atoms with van der Waals surface area (Å²) in [7, 11) is 1.68.